The van der Waals surface area contributed by atoms with Crippen LogP contribution in [0.3, 0.4) is 0 Å². The molecule has 0 saturated heterocycles. The fourth-order valence-electron chi connectivity index (χ4n) is 2.96. The smallest absolute Gasteiger partial charge is 0.224 e. The molecule has 4 aromatic rings. The van der Waals surface area contributed by atoms with Crippen molar-refractivity contribution < 1.29 is 4.42 Å². The Bertz CT molecular complexity index is 1030. The summed E-state index contributed by atoms with van der Waals surface area (Å²) in [5.41, 5.74) is 4.72. The maximum Gasteiger partial charge on any atom is 0.224 e. The highest BCUT2D eigenvalue weighted by Gasteiger charge is 2.11. The first-order valence-electron chi connectivity index (χ1n) is 9.16. The molecule has 0 saturated carbocycles. The molecular weight excluding hydrogens is 350 g/mol. The van der Waals surface area contributed by atoms with Crippen LogP contribution in [0.25, 0.3) is 22.5 Å². The van der Waals surface area contributed by atoms with Gasteiger partial charge in [0, 0.05) is 25.4 Å². The van der Waals surface area contributed by atoms with Crippen LogP contribution in [0.2, 0.25) is 0 Å². The molecule has 0 bridgehead atoms. The molecule has 0 atom stereocenters. The Labute approximate surface area is 163 Å². The lowest BCUT2D eigenvalue weighted by Crippen LogP contribution is -2.09. The second-order valence-electron chi connectivity index (χ2n) is 6.29. The van der Waals surface area contributed by atoms with Gasteiger partial charge in [0.1, 0.15) is 5.82 Å². The Morgan fingerprint density at radius 1 is 0.929 bits per heavy atom. The molecule has 1 aromatic carbocycles. The summed E-state index contributed by atoms with van der Waals surface area (Å²) in [7, 11) is 1.85. The van der Waals surface area contributed by atoms with Gasteiger partial charge in [0.05, 0.1) is 29.5 Å². The number of furan rings is 1. The van der Waals surface area contributed by atoms with Gasteiger partial charge in [-0.3, -0.25) is 0 Å². The van der Waals surface area contributed by atoms with Gasteiger partial charge in [0.15, 0.2) is 0 Å². The first-order valence-corrected chi connectivity index (χ1v) is 9.16. The van der Waals surface area contributed by atoms with Crippen LogP contribution in [-0.4, -0.2) is 28.5 Å². The van der Waals surface area contributed by atoms with Crippen LogP contribution in [-0.2, 0) is 6.42 Å². The molecule has 0 aliphatic heterocycles. The van der Waals surface area contributed by atoms with Crippen molar-refractivity contribution in [2.24, 2.45) is 0 Å². The lowest BCUT2D eigenvalue weighted by atomic mass is 10.1. The summed E-state index contributed by atoms with van der Waals surface area (Å²) in [6, 6.07) is 18.1. The van der Waals surface area contributed by atoms with Crippen LogP contribution in [0.15, 0.2) is 77.7 Å². The van der Waals surface area contributed by atoms with Crippen LogP contribution in [0.5, 0.6) is 0 Å². The molecule has 2 N–H and O–H groups in total. The molecule has 28 heavy (non-hydrogen) atoms. The minimum absolute atomic E-state index is 0.593. The summed E-state index contributed by atoms with van der Waals surface area (Å²) >= 11 is 0. The van der Waals surface area contributed by atoms with Gasteiger partial charge in [0.25, 0.3) is 0 Å². The number of benzene rings is 1. The van der Waals surface area contributed by atoms with Gasteiger partial charge in [-0.1, -0.05) is 36.4 Å². The van der Waals surface area contributed by atoms with E-state index < -0.39 is 0 Å². The van der Waals surface area contributed by atoms with E-state index in [1.54, 1.807) is 18.7 Å². The zero-order chi connectivity index (χ0) is 19.2. The first-order chi connectivity index (χ1) is 13.8. The van der Waals surface area contributed by atoms with E-state index in [1.807, 2.05) is 49.5 Å². The second kappa shape index (κ2) is 8.35. The number of nitrogens with one attached hydrogen (secondary N) is 2. The molecule has 0 aliphatic rings. The van der Waals surface area contributed by atoms with Crippen LogP contribution in [0.1, 0.15) is 5.56 Å². The summed E-state index contributed by atoms with van der Waals surface area (Å²) in [5.74, 6) is 1.32. The van der Waals surface area contributed by atoms with Crippen LogP contribution in [0, 0.1) is 0 Å². The fourth-order valence-corrected chi connectivity index (χ4v) is 2.96. The highest BCUT2D eigenvalue weighted by Crippen LogP contribution is 2.27. The number of hydrogen-bond donors (Lipinski definition) is 2. The van der Waals surface area contributed by atoms with Crippen molar-refractivity contribution in [1.82, 2.24) is 15.0 Å². The Hall–Kier alpha value is -3.67. The van der Waals surface area contributed by atoms with E-state index >= 15 is 0 Å². The Morgan fingerprint density at radius 2 is 1.79 bits per heavy atom. The van der Waals surface area contributed by atoms with Gasteiger partial charge >= 0.3 is 0 Å². The molecule has 0 aliphatic carbocycles. The zero-order valence-electron chi connectivity index (χ0n) is 15.6. The van der Waals surface area contributed by atoms with Gasteiger partial charge in [0.2, 0.25) is 5.95 Å². The summed E-state index contributed by atoms with van der Waals surface area (Å²) < 4.78 is 5.16. The number of anilines is 2. The van der Waals surface area contributed by atoms with Crippen molar-refractivity contribution in [2.45, 2.75) is 6.42 Å². The average molecular weight is 371 g/mol. The molecular formula is C22H21N5O. The topological polar surface area (TPSA) is 75.9 Å². The van der Waals surface area contributed by atoms with Gasteiger partial charge in [-0.2, -0.15) is 4.98 Å². The standard InChI is InChI=1S/C22H21N5O/c1-23-21-18(20-9-5-8-19(26-20)17-11-13-28-15-17)14-25-22(27-21)24-12-10-16-6-3-2-4-7-16/h2-9,11,13-15H,10,12H2,1H3,(H2,23,24,25,27). The molecule has 0 unspecified atom stereocenters. The predicted molar refractivity (Wildman–Crippen MR) is 111 cm³/mol. The highest BCUT2D eigenvalue weighted by atomic mass is 16.3. The molecule has 3 heterocycles. The first kappa shape index (κ1) is 17.7. The van der Waals surface area contributed by atoms with Crippen molar-refractivity contribution in [3.8, 4) is 22.5 Å². The largest absolute Gasteiger partial charge is 0.472 e. The van der Waals surface area contributed by atoms with Crippen LogP contribution < -0.4 is 10.6 Å². The molecule has 6 nitrogen and oxygen atoms in total. The predicted octanol–water partition coefficient (Wildman–Crippen LogP) is 4.49. The summed E-state index contributed by atoms with van der Waals surface area (Å²) in [5, 5.41) is 6.43. The third-order valence-electron chi connectivity index (χ3n) is 4.41. The van der Waals surface area contributed by atoms with Gasteiger partial charge in [-0.25, -0.2) is 9.97 Å². The number of pyridine rings is 1. The van der Waals surface area contributed by atoms with Crippen LogP contribution >= 0.6 is 0 Å². The number of hydrogen-bond acceptors (Lipinski definition) is 6. The number of rotatable bonds is 7. The Balaban J connectivity index is 1.52. The van der Waals surface area contributed by atoms with E-state index in [0.717, 1.165) is 41.3 Å². The normalized spacial score (nSPS) is 10.6. The summed E-state index contributed by atoms with van der Waals surface area (Å²) in [4.78, 5) is 13.8. The Morgan fingerprint density at radius 3 is 2.57 bits per heavy atom. The molecule has 6 heteroatoms. The van der Waals surface area contributed by atoms with Crippen LogP contribution in [0.4, 0.5) is 11.8 Å². The summed E-state index contributed by atoms with van der Waals surface area (Å²) in [6.07, 6.45) is 6.03. The molecule has 0 fully saturated rings. The van der Waals surface area contributed by atoms with E-state index in [4.69, 9.17) is 9.40 Å². The van der Waals surface area contributed by atoms with E-state index in [-0.39, 0.29) is 0 Å². The molecule has 4 rings (SSSR count). The number of aromatic nitrogens is 3. The quantitative estimate of drug-likeness (QED) is 0.498. The third-order valence-corrected chi connectivity index (χ3v) is 4.41. The van der Waals surface area contributed by atoms with Crippen molar-refractivity contribution in [1.29, 1.82) is 0 Å². The molecule has 3 aromatic heterocycles. The molecule has 140 valence electrons. The maximum atomic E-state index is 5.16. The lowest BCUT2D eigenvalue weighted by Gasteiger charge is -2.11. The highest BCUT2D eigenvalue weighted by molar-refractivity contribution is 5.74. The minimum atomic E-state index is 0.593. The Kier molecular flexibility index (Phi) is 5.29. The van der Waals surface area contributed by atoms with E-state index in [0.29, 0.717) is 5.95 Å². The van der Waals surface area contributed by atoms with Gasteiger partial charge in [-0.15, -0.1) is 0 Å². The maximum absolute atomic E-state index is 5.16. The third kappa shape index (κ3) is 4.01. The number of nitrogens with zero attached hydrogens (tertiary/aromatic N) is 3. The monoisotopic (exact) mass is 371 g/mol. The zero-order valence-corrected chi connectivity index (χ0v) is 15.6. The minimum Gasteiger partial charge on any atom is -0.472 e. The van der Waals surface area contributed by atoms with Crippen molar-refractivity contribution in [3.63, 3.8) is 0 Å². The van der Waals surface area contributed by atoms with Crippen molar-refractivity contribution >= 4 is 11.8 Å². The summed E-state index contributed by atoms with van der Waals surface area (Å²) in [6.45, 7) is 0.765. The molecule has 0 spiro atoms. The fraction of sp³-hybridized carbons (Fsp3) is 0.136. The second-order valence-corrected chi connectivity index (χ2v) is 6.29. The van der Waals surface area contributed by atoms with E-state index in [2.05, 4.69) is 32.7 Å². The van der Waals surface area contributed by atoms with E-state index in [9.17, 15) is 0 Å². The van der Waals surface area contributed by atoms with E-state index in [1.165, 1.54) is 5.56 Å². The lowest BCUT2D eigenvalue weighted by molar-refractivity contribution is 0.568. The average Bonchev–Trinajstić information content (AvgIpc) is 3.29. The van der Waals surface area contributed by atoms with Gasteiger partial charge in [-0.05, 0) is 30.2 Å². The molecule has 0 amide bonds. The van der Waals surface area contributed by atoms with Gasteiger partial charge < -0.3 is 15.1 Å². The van der Waals surface area contributed by atoms with Crippen molar-refractivity contribution in [2.75, 3.05) is 24.2 Å². The molecule has 0 radical (unpaired) electrons. The van der Waals surface area contributed by atoms with Crippen molar-refractivity contribution in [3.05, 3.63) is 78.9 Å². The SMILES string of the molecule is CNc1nc(NCCc2ccccc2)ncc1-c1cccc(-c2ccoc2)n1.